The van der Waals surface area contributed by atoms with Gasteiger partial charge in [0.15, 0.2) is 0 Å². The molecule has 0 saturated carbocycles. The van der Waals surface area contributed by atoms with Gasteiger partial charge in [-0.15, -0.1) is 15.3 Å². The molecule has 0 aromatic carbocycles. The molecule has 0 bridgehead atoms. The summed E-state index contributed by atoms with van der Waals surface area (Å²) in [5, 5.41) is 25.9. The van der Waals surface area contributed by atoms with Crippen LogP contribution in [0, 0.1) is 13.8 Å². The van der Waals surface area contributed by atoms with E-state index in [4.69, 9.17) is 5.11 Å². The SMILES string of the molecule is Cc1nnc(-n2nnc(CCC(=O)O)c2C)s1. The van der Waals surface area contributed by atoms with E-state index in [0.29, 0.717) is 17.2 Å². The van der Waals surface area contributed by atoms with Gasteiger partial charge < -0.3 is 5.11 Å². The fourth-order valence-electron chi connectivity index (χ4n) is 1.37. The monoisotopic (exact) mass is 253 g/mol. The van der Waals surface area contributed by atoms with Crippen molar-refractivity contribution < 1.29 is 9.90 Å². The Labute approximate surface area is 101 Å². The minimum Gasteiger partial charge on any atom is -0.481 e. The molecule has 0 saturated heterocycles. The third-order valence-electron chi connectivity index (χ3n) is 2.26. The smallest absolute Gasteiger partial charge is 0.303 e. The zero-order valence-electron chi connectivity index (χ0n) is 9.41. The lowest BCUT2D eigenvalue weighted by Crippen LogP contribution is -2.01. The average molecular weight is 253 g/mol. The van der Waals surface area contributed by atoms with Gasteiger partial charge in [0, 0.05) is 6.42 Å². The Bertz CT molecular complexity index is 547. The number of aromatic nitrogens is 5. The van der Waals surface area contributed by atoms with Crippen LogP contribution in [-0.4, -0.2) is 36.3 Å². The predicted octanol–water partition coefficient (Wildman–Crippen LogP) is 0.753. The molecule has 0 aliphatic carbocycles. The third-order valence-corrected chi connectivity index (χ3v) is 3.08. The Hall–Kier alpha value is -1.83. The lowest BCUT2D eigenvalue weighted by molar-refractivity contribution is -0.136. The van der Waals surface area contributed by atoms with Crippen LogP contribution in [0.3, 0.4) is 0 Å². The van der Waals surface area contributed by atoms with Gasteiger partial charge in [-0.1, -0.05) is 16.6 Å². The number of hydrogen-bond acceptors (Lipinski definition) is 6. The van der Waals surface area contributed by atoms with Crippen molar-refractivity contribution in [3.63, 3.8) is 0 Å². The van der Waals surface area contributed by atoms with E-state index in [1.54, 1.807) is 4.68 Å². The highest BCUT2D eigenvalue weighted by atomic mass is 32.1. The van der Waals surface area contributed by atoms with E-state index in [1.165, 1.54) is 11.3 Å². The molecule has 0 unspecified atom stereocenters. The lowest BCUT2D eigenvalue weighted by atomic mass is 10.2. The number of hydrogen-bond donors (Lipinski definition) is 1. The molecule has 90 valence electrons. The maximum absolute atomic E-state index is 10.5. The molecule has 8 heteroatoms. The molecule has 0 fully saturated rings. The first-order valence-corrected chi connectivity index (χ1v) is 5.83. The minimum absolute atomic E-state index is 0.0503. The summed E-state index contributed by atoms with van der Waals surface area (Å²) in [6, 6.07) is 0. The largest absolute Gasteiger partial charge is 0.481 e. The first-order valence-electron chi connectivity index (χ1n) is 5.01. The number of carboxylic acid groups (broad SMARTS) is 1. The molecule has 2 aromatic heterocycles. The maximum Gasteiger partial charge on any atom is 0.303 e. The molecule has 7 nitrogen and oxygen atoms in total. The second-order valence-corrected chi connectivity index (χ2v) is 4.69. The van der Waals surface area contributed by atoms with Crippen LogP contribution in [-0.2, 0) is 11.2 Å². The summed E-state index contributed by atoms with van der Waals surface area (Å²) in [6.45, 7) is 3.70. The number of aliphatic carboxylic acids is 1. The Kier molecular flexibility index (Phi) is 3.14. The summed E-state index contributed by atoms with van der Waals surface area (Å²) in [5.74, 6) is -0.842. The molecule has 0 aliphatic heterocycles. The van der Waals surface area contributed by atoms with Crippen LogP contribution in [0.2, 0.25) is 0 Å². The van der Waals surface area contributed by atoms with Gasteiger partial charge in [0.05, 0.1) is 17.8 Å². The van der Waals surface area contributed by atoms with Gasteiger partial charge in [0.25, 0.3) is 0 Å². The predicted molar refractivity (Wildman–Crippen MR) is 60.3 cm³/mol. The molecule has 0 aliphatic rings. The Morgan fingerprint density at radius 1 is 1.35 bits per heavy atom. The quantitative estimate of drug-likeness (QED) is 0.864. The highest BCUT2D eigenvalue weighted by Gasteiger charge is 2.13. The summed E-state index contributed by atoms with van der Waals surface area (Å²) in [4.78, 5) is 10.5. The Morgan fingerprint density at radius 2 is 2.12 bits per heavy atom. The standard InChI is InChI=1S/C9H11N5O2S/c1-5-7(3-4-8(15)16)11-13-14(5)9-12-10-6(2)17-9/h3-4H2,1-2H3,(H,15,16). The molecule has 2 heterocycles. The van der Waals surface area contributed by atoms with E-state index in [-0.39, 0.29) is 6.42 Å². The molecule has 0 amide bonds. The fraction of sp³-hybridized carbons (Fsp3) is 0.444. The van der Waals surface area contributed by atoms with Crippen molar-refractivity contribution in [2.24, 2.45) is 0 Å². The molecular weight excluding hydrogens is 242 g/mol. The summed E-state index contributed by atoms with van der Waals surface area (Å²) < 4.78 is 1.59. The van der Waals surface area contributed by atoms with Gasteiger partial charge in [-0.3, -0.25) is 4.79 Å². The molecule has 0 radical (unpaired) electrons. The van der Waals surface area contributed by atoms with Crippen molar-refractivity contribution >= 4 is 17.3 Å². The highest BCUT2D eigenvalue weighted by molar-refractivity contribution is 7.13. The molecule has 2 rings (SSSR count). The molecule has 2 aromatic rings. The van der Waals surface area contributed by atoms with Crippen molar-refractivity contribution in [1.82, 2.24) is 25.2 Å². The highest BCUT2D eigenvalue weighted by Crippen LogP contribution is 2.16. The number of rotatable bonds is 4. The second kappa shape index (κ2) is 4.58. The molecule has 1 N–H and O–H groups in total. The number of carbonyl (C=O) groups is 1. The number of nitrogens with zero attached hydrogens (tertiary/aromatic N) is 5. The van der Waals surface area contributed by atoms with Crippen LogP contribution in [0.15, 0.2) is 0 Å². The Morgan fingerprint density at radius 3 is 2.71 bits per heavy atom. The maximum atomic E-state index is 10.5. The summed E-state index contributed by atoms with van der Waals surface area (Å²) in [5.41, 5.74) is 1.49. The molecular formula is C9H11N5O2S. The van der Waals surface area contributed by atoms with Crippen LogP contribution in [0.4, 0.5) is 0 Å². The molecule has 0 spiro atoms. The van der Waals surface area contributed by atoms with Gasteiger partial charge in [0.2, 0.25) is 5.13 Å². The Balaban J connectivity index is 2.23. The van der Waals surface area contributed by atoms with Gasteiger partial charge in [-0.2, -0.15) is 4.68 Å². The zero-order chi connectivity index (χ0) is 12.4. The summed E-state index contributed by atoms with van der Waals surface area (Å²) in [7, 11) is 0. The van der Waals surface area contributed by atoms with Crippen LogP contribution >= 0.6 is 11.3 Å². The van der Waals surface area contributed by atoms with Crippen LogP contribution < -0.4 is 0 Å². The summed E-state index contributed by atoms with van der Waals surface area (Å²) in [6.07, 6.45) is 0.424. The van der Waals surface area contributed by atoms with E-state index in [9.17, 15) is 4.79 Å². The van der Waals surface area contributed by atoms with Gasteiger partial charge in [-0.25, -0.2) is 0 Å². The second-order valence-electron chi connectivity index (χ2n) is 3.53. The average Bonchev–Trinajstić information content (AvgIpc) is 2.82. The first-order chi connectivity index (χ1) is 8.08. The van der Waals surface area contributed by atoms with E-state index in [0.717, 1.165) is 10.7 Å². The fourth-order valence-corrected chi connectivity index (χ4v) is 2.06. The van der Waals surface area contributed by atoms with Crippen LogP contribution in [0.5, 0.6) is 0 Å². The normalized spacial score (nSPS) is 10.7. The first kappa shape index (κ1) is 11.6. The van der Waals surface area contributed by atoms with E-state index in [1.807, 2.05) is 13.8 Å². The van der Waals surface area contributed by atoms with Crippen LogP contribution in [0.25, 0.3) is 5.13 Å². The molecule has 17 heavy (non-hydrogen) atoms. The zero-order valence-corrected chi connectivity index (χ0v) is 10.2. The topological polar surface area (TPSA) is 93.8 Å². The van der Waals surface area contributed by atoms with Crippen molar-refractivity contribution in [3.05, 3.63) is 16.4 Å². The minimum atomic E-state index is -0.842. The number of carboxylic acids is 1. The summed E-state index contributed by atoms with van der Waals surface area (Å²) >= 11 is 1.41. The van der Waals surface area contributed by atoms with Gasteiger partial charge >= 0.3 is 5.97 Å². The van der Waals surface area contributed by atoms with Gasteiger partial charge in [0.1, 0.15) is 5.01 Å². The van der Waals surface area contributed by atoms with Crippen molar-refractivity contribution in [2.75, 3.05) is 0 Å². The van der Waals surface area contributed by atoms with Crippen molar-refractivity contribution in [3.8, 4) is 5.13 Å². The van der Waals surface area contributed by atoms with Crippen molar-refractivity contribution in [1.29, 1.82) is 0 Å². The number of aryl methyl sites for hydroxylation is 2. The van der Waals surface area contributed by atoms with Crippen LogP contribution in [0.1, 0.15) is 22.8 Å². The third kappa shape index (κ3) is 2.47. The van der Waals surface area contributed by atoms with E-state index >= 15 is 0 Å². The van der Waals surface area contributed by atoms with E-state index in [2.05, 4.69) is 20.5 Å². The van der Waals surface area contributed by atoms with E-state index < -0.39 is 5.97 Å². The van der Waals surface area contributed by atoms with Gasteiger partial charge in [-0.05, 0) is 13.8 Å². The molecule has 0 atom stereocenters. The van der Waals surface area contributed by atoms with Crippen molar-refractivity contribution in [2.45, 2.75) is 26.7 Å². The lowest BCUT2D eigenvalue weighted by Gasteiger charge is -1.97.